The normalized spacial score (nSPS) is 13.1. The average Bonchev–Trinajstić information content (AvgIpc) is 2.63. The first kappa shape index (κ1) is 13.6. The number of hydrogen-bond acceptors (Lipinski definition) is 1. The van der Waals surface area contributed by atoms with Crippen molar-refractivity contribution in [3.63, 3.8) is 0 Å². The fourth-order valence-electron chi connectivity index (χ4n) is 2.33. The van der Waals surface area contributed by atoms with Gasteiger partial charge < -0.3 is 9.55 Å². The molecule has 98 valence electrons. The van der Waals surface area contributed by atoms with Gasteiger partial charge in [0.15, 0.2) is 4.77 Å². The van der Waals surface area contributed by atoms with Gasteiger partial charge >= 0.3 is 0 Å². The number of rotatable bonds is 4. The second kappa shape index (κ2) is 5.41. The van der Waals surface area contributed by atoms with Crippen LogP contribution >= 0.6 is 23.8 Å². The number of benzene rings is 1. The molecule has 0 aliphatic rings. The minimum absolute atomic E-state index is 0.120. The topological polar surface area (TPSA) is 20.7 Å². The lowest BCUT2D eigenvalue weighted by molar-refractivity contribution is 0.453. The molecule has 18 heavy (non-hydrogen) atoms. The molecule has 2 aromatic rings. The number of hydrogen-bond donors (Lipinski definition) is 1. The van der Waals surface area contributed by atoms with E-state index in [1.54, 1.807) is 6.07 Å². The van der Waals surface area contributed by atoms with Crippen LogP contribution in [0.3, 0.4) is 0 Å². The van der Waals surface area contributed by atoms with Crippen LogP contribution in [0.1, 0.15) is 39.2 Å². The smallest absolute Gasteiger partial charge is 0.178 e. The van der Waals surface area contributed by atoms with E-state index in [1.165, 1.54) is 6.07 Å². The predicted molar refractivity (Wildman–Crippen MR) is 76.3 cm³/mol. The summed E-state index contributed by atoms with van der Waals surface area (Å²) in [6, 6.07) is 3.36. The second-order valence-corrected chi connectivity index (χ2v) is 5.23. The second-order valence-electron chi connectivity index (χ2n) is 4.43. The van der Waals surface area contributed by atoms with Crippen LogP contribution in [0.2, 0.25) is 5.02 Å². The van der Waals surface area contributed by atoms with Crippen molar-refractivity contribution in [2.45, 2.75) is 39.2 Å². The van der Waals surface area contributed by atoms with Crippen molar-refractivity contribution < 1.29 is 4.39 Å². The Morgan fingerprint density at radius 2 is 2.17 bits per heavy atom. The van der Waals surface area contributed by atoms with E-state index in [1.807, 2.05) is 4.57 Å². The van der Waals surface area contributed by atoms with Gasteiger partial charge in [-0.25, -0.2) is 4.39 Å². The van der Waals surface area contributed by atoms with E-state index < -0.39 is 5.82 Å². The standard InChI is InChI=1S/C13H16ClFN2S/c1-3-5-8(4-2)17-12-7-10(15)9(14)6-11(12)16-13(17)18/h6-8H,3-5H2,1-2H3,(H,16,18). The van der Waals surface area contributed by atoms with E-state index in [0.717, 1.165) is 30.3 Å². The minimum atomic E-state index is -0.404. The summed E-state index contributed by atoms with van der Waals surface area (Å²) in [7, 11) is 0. The third-order valence-electron chi connectivity index (χ3n) is 3.22. The molecule has 0 bridgehead atoms. The molecule has 0 radical (unpaired) electrons. The lowest BCUT2D eigenvalue weighted by Crippen LogP contribution is -2.07. The van der Waals surface area contributed by atoms with Crippen molar-refractivity contribution in [3.8, 4) is 0 Å². The van der Waals surface area contributed by atoms with Crippen molar-refractivity contribution in [2.75, 3.05) is 0 Å². The highest BCUT2D eigenvalue weighted by molar-refractivity contribution is 7.71. The van der Waals surface area contributed by atoms with Gasteiger partial charge in [-0.3, -0.25) is 0 Å². The van der Waals surface area contributed by atoms with Gasteiger partial charge in [0.25, 0.3) is 0 Å². The number of halogens is 2. The van der Waals surface area contributed by atoms with Crippen LogP contribution in [0.25, 0.3) is 11.0 Å². The molecule has 0 amide bonds. The zero-order chi connectivity index (χ0) is 13.3. The maximum absolute atomic E-state index is 13.6. The summed E-state index contributed by atoms with van der Waals surface area (Å²) < 4.78 is 16.2. The number of aromatic nitrogens is 2. The number of nitrogens with zero attached hydrogens (tertiary/aromatic N) is 1. The number of nitrogens with one attached hydrogen (secondary N) is 1. The van der Waals surface area contributed by atoms with E-state index in [9.17, 15) is 4.39 Å². The molecule has 0 aliphatic carbocycles. The van der Waals surface area contributed by atoms with E-state index in [-0.39, 0.29) is 5.02 Å². The van der Waals surface area contributed by atoms with Crippen LogP contribution in [0.5, 0.6) is 0 Å². The van der Waals surface area contributed by atoms with Crippen LogP contribution in [0, 0.1) is 10.6 Å². The van der Waals surface area contributed by atoms with E-state index in [0.29, 0.717) is 10.8 Å². The molecule has 1 unspecified atom stereocenters. The van der Waals surface area contributed by atoms with Crippen molar-refractivity contribution in [1.82, 2.24) is 9.55 Å². The van der Waals surface area contributed by atoms with Gasteiger partial charge in [0.1, 0.15) is 5.82 Å². The van der Waals surface area contributed by atoms with Gasteiger partial charge in [-0.15, -0.1) is 0 Å². The van der Waals surface area contributed by atoms with Gasteiger partial charge in [-0.1, -0.05) is 31.9 Å². The highest BCUT2D eigenvalue weighted by Gasteiger charge is 2.15. The summed E-state index contributed by atoms with van der Waals surface area (Å²) in [6.07, 6.45) is 3.07. The van der Waals surface area contributed by atoms with Crippen LogP contribution in [0.15, 0.2) is 12.1 Å². The van der Waals surface area contributed by atoms with E-state index in [4.69, 9.17) is 23.8 Å². The van der Waals surface area contributed by atoms with Crippen molar-refractivity contribution in [1.29, 1.82) is 0 Å². The molecule has 0 saturated heterocycles. The summed E-state index contributed by atoms with van der Waals surface area (Å²) in [5.41, 5.74) is 1.59. The molecule has 5 heteroatoms. The third-order valence-corrected chi connectivity index (χ3v) is 3.81. The summed E-state index contributed by atoms with van der Waals surface area (Å²) in [6.45, 7) is 4.26. The summed E-state index contributed by atoms with van der Waals surface area (Å²) in [5.74, 6) is -0.404. The minimum Gasteiger partial charge on any atom is -0.331 e. The molecule has 1 N–H and O–H groups in total. The molecule has 0 aliphatic heterocycles. The Hall–Kier alpha value is -0.870. The first-order chi connectivity index (χ1) is 8.58. The molecular weight excluding hydrogens is 271 g/mol. The van der Waals surface area contributed by atoms with E-state index in [2.05, 4.69) is 18.8 Å². The molecule has 1 aromatic carbocycles. The summed E-state index contributed by atoms with van der Waals surface area (Å²) in [4.78, 5) is 3.09. The Bertz CT molecular complexity index is 617. The lowest BCUT2D eigenvalue weighted by Gasteiger charge is -2.17. The summed E-state index contributed by atoms with van der Waals surface area (Å²) in [5, 5.41) is 0.120. The molecule has 1 aromatic heterocycles. The van der Waals surface area contributed by atoms with E-state index >= 15 is 0 Å². The Morgan fingerprint density at radius 3 is 2.78 bits per heavy atom. The number of aromatic amines is 1. The van der Waals surface area contributed by atoms with Crippen LogP contribution in [-0.4, -0.2) is 9.55 Å². The van der Waals surface area contributed by atoms with Gasteiger partial charge in [0.05, 0.1) is 16.1 Å². The van der Waals surface area contributed by atoms with Gasteiger partial charge in [0, 0.05) is 12.1 Å². The molecule has 0 spiro atoms. The fourth-order valence-corrected chi connectivity index (χ4v) is 2.85. The van der Waals surface area contributed by atoms with Crippen molar-refractivity contribution >= 4 is 34.9 Å². The third kappa shape index (κ3) is 2.31. The highest BCUT2D eigenvalue weighted by Crippen LogP contribution is 2.28. The first-order valence-corrected chi connectivity index (χ1v) is 6.96. The zero-order valence-corrected chi connectivity index (χ0v) is 12.0. The molecular formula is C13H16ClFN2S. The SMILES string of the molecule is CCCC(CC)n1c(=S)[nH]c2cc(Cl)c(F)cc21. The summed E-state index contributed by atoms with van der Waals surface area (Å²) >= 11 is 11.1. The highest BCUT2D eigenvalue weighted by atomic mass is 35.5. The maximum atomic E-state index is 13.6. The predicted octanol–water partition coefficient (Wildman–Crippen LogP) is 5.24. The quantitative estimate of drug-likeness (QED) is 0.762. The molecule has 0 saturated carbocycles. The van der Waals surface area contributed by atoms with Gasteiger partial charge in [-0.2, -0.15) is 0 Å². The molecule has 0 fully saturated rings. The Morgan fingerprint density at radius 1 is 1.44 bits per heavy atom. The fraction of sp³-hybridized carbons (Fsp3) is 0.462. The van der Waals surface area contributed by atoms with Crippen molar-refractivity contribution in [3.05, 3.63) is 27.7 Å². The van der Waals surface area contributed by atoms with Crippen LogP contribution < -0.4 is 0 Å². The zero-order valence-electron chi connectivity index (χ0n) is 10.5. The van der Waals surface area contributed by atoms with Crippen LogP contribution in [-0.2, 0) is 0 Å². The number of H-pyrrole nitrogens is 1. The van der Waals surface area contributed by atoms with Gasteiger partial charge in [-0.05, 0) is 31.1 Å². The average molecular weight is 287 g/mol. The molecule has 2 nitrogen and oxygen atoms in total. The van der Waals surface area contributed by atoms with Crippen molar-refractivity contribution in [2.24, 2.45) is 0 Å². The monoisotopic (exact) mass is 286 g/mol. The Kier molecular flexibility index (Phi) is 4.07. The maximum Gasteiger partial charge on any atom is 0.178 e. The largest absolute Gasteiger partial charge is 0.331 e. The Balaban J connectivity index is 2.66. The van der Waals surface area contributed by atoms with Crippen LogP contribution in [0.4, 0.5) is 4.39 Å². The molecule has 1 atom stereocenters. The number of fused-ring (bicyclic) bond motifs is 1. The molecule has 1 heterocycles. The lowest BCUT2D eigenvalue weighted by atomic mass is 10.1. The Labute approximate surface area is 116 Å². The number of imidazole rings is 1. The molecule has 2 rings (SSSR count). The first-order valence-electron chi connectivity index (χ1n) is 6.17. The van der Waals surface area contributed by atoms with Gasteiger partial charge in [0.2, 0.25) is 0 Å².